The van der Waals surface area contributed by atoms with E-state index in [9.17, 15) is 10.2 Å². The van der Waals surface area contributed by atoms with Crippen molar-refractivity contribution in [2.45, 2.75) is 18.3 Å². The second-order valence-corrected chi connectivity index (χ2v) is 4.12. The molecule has 3 unspecified atom stereocenters. The molecule has 0 amide bonds. The quantitative estimate of drug-likeness (QED) is 0.273. The average molecular weight is 293 g/mol. The van der Waals surface area contributed by atoms with Crippen LogP contribution in [0.2, 0.25) is 0 Å². The minimum Gasteiger partial charge on any atom is -0.388 e. The minimum absolute atomic E-state index is 0.0451. The summed E-state index contributed by atoms with van der Waals surface area (Å²) in [6.07, 6.45) is -1.97. The largest absolute Gasteiger partial charge is 0.388 e. The predicted octanol–water partition coefficient (Wildman–Crippen LogP) is -0.287. The zero-order valence-corrected chi connectivity index (χ0v) is 11.8. The number of aliphatic hydroxyl groups excluding tert-OH is 2. The molecule has 0 aliphatic carbocycles. The number of hydrogen-bond acceptors (Lipinski definition) is 7. The van der Waals surface area contributed by atoms with E-state index in [0.717, 1.165) is 0 Å². The maximum absolute atomic E-state index is 9.46. The van der Waals surface area contributed by atoms with Crippen molar-refractivity contribution in [3.63, 3.8) is 0 Å². The Morgan fingerprint density at radius 2 is 1.60 bits per heavy atom. The van der Waals surface area contributed by atoms with Crippen LogP contribution in [0.3, 0.4) is 0 Å². The average Bonchev–Trinajstić information content (AvgIpc) is 2.42. The van der Waals surface area contributed by atoms with Crippen LogP contribution in [0.4, 0.5) is 0 Å². The van der Waals surface area contributed by atoms with Gasteiger partial charge in [-0.1, -0.05) is 5.11 Å². The van der Waals surface area contributed by atoms with E-state index < -0.39 is 18.3 Å². The molecule has 0 aromatic carbocycles. The van der Waals surface area contributed by atoms with Gasteiger partial charge in [0.2, 0.25) is 0 Å². The fourth-order valence-electron chi connectivity index (χ4n) is 1.34. The van der Waals surface area contributed by atoms with Crippen molar-refractivity contribution in [2.24, 2.45) is 5.11 Å². The fourth-order valence-corrected chi connectivity index (χ4v) is 1.34. The highest BCUT2D eigenvalue weighted by Crippen LogP contribution is 1.99. The van der Waals surface area contributed by atoms with Gasteiger partial charge < -0.3 is 29.2 Å². The van der Waals surface area contributed by atoms with E-state index in [0.29, 0.717) is 0 Å². The Morgan fingerprint density at radius 1 is 1.00 bits per heavy atom. The van der Waals surface area contributed by atoms with Crippen LogP contribution in [0.5, 0.6) is 0 Å². The van der Waals surface area contributed by atoms with Gasteiger partial charge in [-0.3, -0.25) is 0 Å². The molecule has 0 rings (SSSR count). The monoisotopic (exact) mass is 293 g/mol. The van der Waals surface area contributed by atoms with E-state index in [1.54, 1.807) is 0 Å². The molecular formula is C11H23N3O6. The summed E-state index contributed by atoms with van der Waals surface area (Å²) in [6.45, 7) is 0.681. The molecule has 20 heavy (non-hydrogen) atoms. The Morgan fingerprint density at radius 3 is 2.15 bits per heavy atom. The number of nitrogens with zero attached hydrogens (tertiary/aromatic N) is 3. The molecule has 0 saturated heterocycles. The van der Waals surface area contributed by atoms with E-state index in [2.05, 4.69) is 10.0 Å². The molecule has 2 N–H and O–H groups in total. The first-order valence-corrected chi connectivity index (χ1v) is 6.18. The molecule has 9 heteroatoms. The number of azide groups is 1. The van der Waals surface area contributed by atoms with Gasteiger partial charge in [0.05, 0.1) is 45.7 Å². The van der Waals surface area contributed by atoms with Gasteiger partial charge in [-0.2, -0.15) is 0 Å². The minimum atomic E-state index is -0.757. The fraction of sp³-hybridized carbons (Fsp3) is 1.00. The Labute approximate surface area is 118 Å². The molecular weight excluding hydrogens is 270 g/mol. The van der Waals surface area contributed by atoms with Crippen LogP contribution in [0, 0.1) is 0 Å². The van der Waals surface area contributed by atoms with Crippen LogP contribution < -0.4 is 0 Å². The molecule has 0 heterocycles. The van der Waals surface area contributed by atoms with E-state index in [1.165, 1.54) is 14.2 Å². The Bertz CT molecular complexity index is 275. The summed E-state index contributed by atoms with van der Waals surface area (Å²) in [4.78, 5) is 2.64. The van der Waals surface area contributed by atoms with E-state index >= 15 is 0 Å². The lowest BCUT2D eigenvalue weighted by Gasteiger charge is -2.19. The van der Waals surface area contributed by atoms with Crippen LogP contribution in [0.15, 0.2) is 5.11 Å². The first kappa shape index (κ1) is 19.1. The summed E-state index contributed by atoms with van der Waals surface area (Å²) < 4.78 is 20.1. The van der Waals surface area contributed by atoms with Crippen LogP contribution >= 0.6 is 0 Å². The first-order valence-electron chi connectivity index (χ1n) is 6.18. The summed E-state index contributed by atoms with van der Waals surface area (Å²) in [5, 5.41) is 22.3. The smallest absolute Gasteiger partial charge is 0.101 e. The zero-order chi connectivity index (χ0) is 15.2. The number of aliphatic hydroxyl groups is 2. The van der Waals surface area contributed by atoms with Crippen molar-refractivity contribution in [2.75, 3.05) is 53.8 Å². The van der Waals surface area contributed by atoms with Crippen LogP contribution in [0.25, 0.3) is 10.4 Å². The van der Waals surface area contributed by atoms with Crippen LogP contribution in [0.1, 0.15) is 0 Å². The molecule has 0 aromatic rings. The highest BCUT2D eigenvalue weighted by molar-refractivity contribution is 4.64. The molecule has 0 saturated carbocycles. The molecule has 0 aliphatic heterocycles. The molecule has 0 bridgehead atoms. The highest BCUT2D eigenvalue weighted by atomic mass is 16.5. The molecule has 0 aliphatic rings. The highest BCUT2D eigenvalue weighted by Gasteiger charge is 2.13. The number of methoxy groups -OCH3 is 2. The van der Waals surface area contributed by atoms with Crippen LogP contribution in [-0.4, -0.2) is 82.3 Å². The van der Waals surface area contributed by atoms with Crippen molar-refractivity contribution in [3.8, 4) is 0 Å². The van der Waals surface area contributed by atoms with Gasteiger partial charge in [0.15, 0.2) is 0 Å². The van der Waals surface area contributed by atoms with Gasteiger partial charge in [0.1, 0.15) is 12.2 Å². The van der Waals surface area contributed by atoms with Crippen molar-refractivity contribution < 1.29 is 29.2 Å². The summed E-state index contributed by atoms with van der Waals surface area (Å²) >= 11 is 0. The zero-order valence-electron chi connectivity index (χ0n) is 11.8. The number of hydrogen-bond donors (Lipinski definition) is 2. The molecule has 3 atom stereocenters. The molecule has 0 fully saturated rings. The number of ether oxygens (including phenoxy) is 4. The third kappa shape index (κ3) is 10.9. The van der Waals surface area contributed by atoms with E-state index in [4.69, 9.17) is 24.5 Å². The SMILES string of the molecule is COCC(O)COCC(CN=[N+]=[N-])OCC(O)COC. The Kier molecular flexibility index (Phi) is 12.5. The maximum atomic E-state index is 9.46. The van der Waals surface area contributed by atoms with Gasteiger partial charge in [-0.25, -0.2) is 0 Å². The maximum Gasteiger partial charge on any atom is 0.101 e. The van der Waals surface area contributed by atoms with Gasteiger partial charge in [-0.05, 0) is 5.53 Å². The van der Waals surface area contributed by atoms with E-state index in [1.807, 2.05) is 0 Å². The lowest BCUT2D eigenvalue weighted by molar-refractivity contribution is -0.0744. The van der Waals surface area contributed by atoms with Crippen molar-refractivity contribution in [3.05, 3.63) is 10.4 Å². The predicted molar refractivity (Wildman–Crippen MR) is 70.3 cm³/mol. The second kappa shape index (κ2) is 13.1. The third-order valence-electron chi connectivity index (χ3n) is 2.20. The summed E-state index contributed by atoms with van der Waals surface area (Å²) in [5.74, 6) is 0. The van der Waals surface area contributed by atoms with E-state index in [-0.39, 0.29) is 39.6 Å². The van der Waals surface area contributed by atoms with Gasteiger partial charge in [0, 0.05) is 19.1 Å². The lowest BCUT2D eigenvalue weighted by Crippen LogP contribution is -2.31. The lowest BCUT2D eigenvalue weighted by atomic mass is 10.3. The number of rotatable bonds is 13. The van der Waals surface area contributed by atoms with Crippen molar-refractivity contribution in [1.29, 1.82) is 0 Å². The molecule has 0 radical (unpaired) electrons. The Balaban J connectivity index is 3.98. The van der Waals surface area contributed by atoms with Gasteiger partial charge in [-0.15, -0.1) is 0 Å². The summed E-state index contributed by atoms with van der Waals surface area (Å²) in [6, 6.07) is 0. The molecule has 0 aromatic heterocycles. The topological polar surface area (TPSA) is 126 Å². The van der Waals surface area contributed by atoms with Gasteiger partial charge in [0.25, 0.3) is 0 Å². The van der Waals surface area contributed by atoms with Crippen molar-refractivity contribution >= 4 is 0 Å². The molecule has 9 nitrogen and oxygen atoms in total. The van der Waals surface area contributed by atoms with Crippen LogP contribution in [-0.2, 0) is 18.9 Å². The summed E-state index contributed by atoms with van der Waals surface area (Å²) in [5.41, 5.74) is 8.30. The summed E-state index contributed by atoms with van der Waals surface area (Å²) in [7, 11) is 2.95. The standard InChI is InChI=1S/C11H23N3O6/c1-17-4-9(15)6-19-8-11(3-13-14-12)20-7-10(16)5-18-2/h9-11,15-16H,3-8H2,1-2H3. The first-order chi connectivity index (χ1) is 9.63. The molecule has 0 spiro atoms. The van der Waals surface area contributed by atoms with Crippen molar-refractivity contribution in [1.82, 2.24) is 0 Å². The Hall–Kier alpha value is -0.930. The normalized spacial score (nSPS) is 15.4. The second-order valence-electron chi connectivity index (χ2n) is 4.12. The third-order valence-corrected chi connectivity index (χ3v) is 2.20. The van der Waals surface area contributed by atoms with Gasteiger partial charge >= 0.3 is 0 Å². The molecule has 118 valence electrons.